The van der Waals surface area contributed by atoms with Gasteiger partial charge in [0.15, 0.2) is 5.13 Å². The second kappa shape index (κ2) is 8.80. The molecule has 140 valence electrons. The molecule has 0 saturated carbocycles. The maximum atomic E-state index is 12.1. The Morgan fingerprint density at radius 2 is 2.04 bits per heavy atom. The van der Waals surface area contributed by atoms with E-state index in [1.54, 1.807) is 12.5 Å². The molecule has 26 heavy (non-hydrogen) atoms. The van der Waals surface area contributed by atoms with Gasteiger partial charge in [0.05, 0.1) is 19.2 Å². The molecule has 0 aliphatic carbocycles. The van der Waals surface area contributed by atoms with Crippen LogP contribution in [0.25, 0.3) is 0 Å². The number of nitrogens with one attached hydrogen (secondary N) is 2. The quantitative estimate of drug-likeness (QED) is 0.779. The third-order valence-electron chi connectivity index (χ3n) is 3.67. The number of benzene rings is 1. The van der Waals surface area contributed by atoms with Crippen LogP contribution >= 0.6 is 11.3 Å². The lowest BCUT2D eigenvalue weighted by Crippen LogP contribution is -2.28. The Morgan fingerprint density at radius 3 is 2.73 bits per heavy atom. The molecule has 0 aliphatic heterocycles. The third-order valence-corrected chi connectivity index (χ3v) is 4.47. The Morgan fingerprint density at radius 1 is 1.27 bits per heavy atom. The summed E-state index contributed by atoms with van der Waals surface area (Å²) in [5.41, 5.74) is 1.27. The van der Waals surface area contributed by atoms with E-state index in [1.807, 2.05) is 45.0 Å². The fourth-order valence-electron chi connectivity index (χ4n) is 2.13. The monoisotopic (exact) mass is 375 g/mol. The molecule has 1 aromatic carbocycles. The zero-order valence-corrected chi connectivity index (χ0v) is 16.4. The van der Waals surface area contributed by atoms with Gasteiger partial charge < -0.3 is 15.4 Å². The molecule has 0 atom stereocenters. The summed E-state index contributed by atoms with van der Waals surface area (Å²) >= 11 is 1.32. The molecule has 2 N–H and O–H groups in total. The summed E-state index contributed by atoms with van der Waals surface area (Å²) in [6.07, 6.45) is 0.924. The van der Waals surface area contributed by atoms with Crippen molar-refractivity contribution in [2.45, 2.75) is 33.6 Å². The van der Waals surface area contributed by atoms with E-state index >= 15 is 0 Å². The van der Waals surface area contributed by atoms with Crippen molar-refractivity contribution >= 4 is 28.3 Å². The molecule has 2 amide bonds. The van der Waals surface area contributed by atoms with E-state index in [0.717, 1.165) is 17.7 Å². The number of ether oxygens (including phenoxy) is 1. The first kappa shape index (κ1) is 19.9. The van der Waals surface area contributed by atoms with Gasteiger partial charge in [0.2, 0.25) is 11.8 Å². The number of rotatable bonds is 7. The van der Waals surface area contributed by atoms with E-state index in [-0.39, 0.29) is 18.2 Å². The summed E-state index contributed by atoms with van der Waals surface area (Å²) in [5, 5.41) is 7.97. The number of nitrogens with zero attached hydrogens (tertiary/aromatic N) is 1. The van der Waals surface area contributed by atoms with E-state index in [2.05, 4.69) is 15.6 Å². The lowest BCUT2D eigenvalue weighted by atomic mass is 9.96. The molecule has 0 bridgehead atoms. The molecular formula is C19H25N3O3S. The van der Waals surface area contributed by atoms with Gasteiger partial charge in [0.25, 0.3) is 0 Å². The molecule has 7 heteroatoms. The van der Waals surface area contributed by atoms with Gasteiger partial charge >= 0.3 is 0 Å². The van der Waals surface area contributed by atoms with Crippen LogP contribution in [0, 0.1) is 5.41 Å². The lowest BCUT2D eigenvalue weighted by molar-refractivity contribution is -0.123. The van der Waals surface area contributed by atoms with Crippen LogP contribution in [-0.4, -0.2) is 30.5 Å². The Balaban J connectivity index is 1.78. The van der Waals surface area contributed by atoms with Crippen molar-refractivity contribution in [2.24, 2.45) is 5.41 Å². The van der Waals surface area contributed by atoms with Crippen molar-refractivity contribution in [1.82, 2.24) is 10.3 Å². The third kappa shape index (κ3) is 6.15. The predicted molar refractivity (Wildman–Crippen MR) is 104 cm³/mol. The standard InChI is InChI=1S/C19H25N3O3S/c1-19(2,3)17(24)22-18-21-14(12-26-18)11-16(23)20-9-8-13-6-5-7-15(10-13)25-4/h5-7,10,12H,8-9,11H2,1-4H3,(H,20,23)(H,21,22,24). The number of carbonyl (C=O) groups excluding carboxylic acids is 2. The molecule has 0 unspecified atom stereocenters. The number of amides is 2. The molecule has 1 heterocycles. The van der Waals surface area contributed by atoms with Crippen LogP contribution in [0.1, 0.15) is 32.0 Å². The van der Waals surface area contributed by atoms with Gasteiger partial charge in [-0.05, 0) is 24.1 Å². The molecule has 0 radical (unpaired) electrons. The highest BCUT2D eigenvalue weighted by Crippen LogP contribution is 2.20. The van der Waals surface area contributed by atoms with Crippen LogP contribution in [0.15, 0.2) is 29.6 Å². The number of hydrogen-bond acceptors (Lipinski definition) is 5. The first-order valence-electron chi connectivity index (χ1n) is 8.43. The molecule has 0 spiro atoms. The zero-order valence-electron chi connectivity index (χ0n) is 15.6. The Kier molecular flexibility index (Phi) is 6.74. The van der Waals surface area contributed by atoms with Crippen LogP contribution < -0.4 is 15.4 Å². The highest BCUT2D eigenvalue weighted by atomic mass is 32.1. The fourth-order valence-corrected chi connectivity index (χ4v) is 2.84. The molecule has 2 rings (SSSR count). The topological polar surface area (TPSA) is 80.3 Å². The van der Waals surface area contributed by atoms with Crippen molar-refractivity contribution in [3.63, 3.8) is 0 Å². The van der Waals surface area contributed by atoms with Gasteiger partial charge in [-0.15, -0.1) is 11.3 Å². The van der Waals surface area contributed by atoms with Gasteiger partial charge in [0, 0.05) is 17.3 Å². The van der Waals surface area contributed by atoms with Crippen LogP contribution in [0.2, 0.25) is 0 Å². The van der Waals surface area contributed by atoms with E-state index in [1.165, 1.54) is 11.3 Å². The SMILES string of the molecule is COc1cccc(CCNC(=O)Cc2csc(NC(=O)C(C)(C)C)n2)c1. The predicted octanol–water partition coefficient (Wildman–Crippen LogP) is 3.04. The van der Waals surface area contributed by atoms with E-state index in [9.17, 15) is 9.59 Å². The van der Waals surface area contributed by atoms with Crippen molar-refractivity contribution in [1.29, 1.82) is 0 Å². The number of carbonyl (C=O) groups is 2. The van der Waals surface area contributed by atoms with Crippen LogP contribution in [0.4, 0.5) is 5.13 Å². The molecule has 0 saturated heterocycles. The number of anilines is 1. The summed E-state index contributed by atoms with van der Waals surface area (Å²) in [6, 6.07) is 7.77. The van der Waals surface area contributed by atoms with Gasteiger partial charge in [-0.2, -0.15) is 0 Å². The van der Waals surface area contributed by atoms with Crippen LogP contribution in [0.3, 0.4) is 0 Å². The summed E-state index contributed by atoms with van der Waals surface area (Å²) < 4.78 is 5.19. The van der Waals surface area contributed by atoms with E-state index < -0.39 is 5.41 Å². The normalized spacial score (nSPS) is 11.1. The number of hydrogen-bond donors (Lipinski definition) is 2. The average Bonchev–Trinajstić information content (AvgIpc) is 3.01. The van der Waals surface area contributed by atoms with Crippen molar-refractivity contribution < 1.29 is 14.3 Å². The minimum atomic E-state index is -0.483. The van der Waals surface area contributed by atoms with Gasteiger partial charge in [-0.25, -0.2) is 4.98 Å². The smallest absolute Gasteiger partial charge is 0.231 e. The minimum Gasteiger partial charge on any atom is -0.497 e. The van der Waals surface area contributed by atoms with E-state index in [0.29, 0.717) is 17.4 Å². The first-order valence-corrected chi connectivity index (χ1v) is 9.31. The van der Waals surface area contributed by atoms with Gasteiger partial charge in [0.1, 0.15) is 5.75 Å². The molecule has 1 aromatic heterocycles. The first-order chi connectivity index (χ1) is 12.3. The highest BCUT2D eigenvalue weighted by Gasteiger charge is 2.22. The lowest BCUT2D eigenvalue weighted by Gasteiger charge is -2.15. The summed E-state index contributed by atoms with van der Waals surface area (Å²) in [6.45, 7) is 6.07. The fraction of sp³-hybridized carbons (Fsp3) is 0.421. The molecule has 6 nitrogen and oxygen atoms in total. The van der Waals surface area contributed by atoms with Crippen LogP contribution in [-0.2, 0) is 22.4 Å². The van der Waals surface area contributed by atoms with E-state index in [4.69, 9.17) is 4.74 Å². The highest BCUT2D eigenvalue weighted by molar-refractivity contribution is 7.13. The number of methoxy groups -OCH3 is 1. The largest absolute Gasteiger partial charge is 0.497 e. The molecule has 0 aliphatic rings. The second-order valence-electron chi connectivity index (χ2n) is 6.98. The van der Waals surface area contributed by atoms with Gasteiger partial charge in [-0.3, -0.25) is 9.59 Å². The summed E-state index contributed by atoms with van der Waals surface area (Å²) in [4.78, 5) is 28.3. The Bertz CT molecular complexity index is 765. The Hall–Kier alpha value is -2.41. The Labute approximate surface area is 158 Å². The average molecular weight is 375 g/mol. The second-order valence-corrected chi connectivity index (χ2v) is 7.83. The zero-order chi connectivity index (χ0) is 19.2. The van der Waals surface area contributed by atoms with Crippen molar-refractivity contribution in [3.05, 3.63) is 40.9 Å². The minimum absolute atomic E-state index is 0.0908. The summed E-state index contributed by atoms with van der Waals surface area (Å²) in [7, 11) is 1.63. The molecule has 2 aromatic rings. The number of thiazole rings is 1. The van der Waals surface area contributed by atoms with Crippen LogP contribution in [0.5, 0.6) is 5.75 Å². The molecular weight excluding hydrogens is 350 g/mol. The number of aromatic nitrogens is 1. The van der Waals surface area contributed by atoms with Crippen molar-refractivity contribution in [2.75, 3.05) is 19.0 Å². The maximum Gasteiger partial charge on any atom is 0.231 e. The summed E-state index contributed by atoms with van der Waals surface area (Å²) in [5.74, 6) is 0.620. The maximum absolute atomic E-state index is 12.1. The molecule has 0 fully saturated rings. The van der Waals surface area contributed by atoms with Crippen molar-refractivity contribution in [3.8, 4) is 5.75 Å². The van der Waals surface area contributed by atoms with Gasteiger partial charge in [-0.1, -0.05) is 32.9 Å².